The summed E-state index contributed by atoms with van der Waals surface area (Å²) in [5.41, 5.74) is 4.89. The Bertz CT molecular complexity index is 776. The molecule has 25 heavy (non-hydrogen) atoms. The average molecular weight is 346 g/mol. The molecule has 0 radical (unpaired) electrons. The number of rotatable bonds is 5. The van der Waals surface area contributed by atoms with E-state index < -0.39 is 29.6 Å². The van der Waals surface area contributed by atoms with Crippen LogP contribution in [0.1, 0.15) is 12.5 Å². The van der Waals surface area contributed by atoms with Crippen LogP contribution in [-0.2, 0) is 9.59 Å². The molecule has 0 fully saturated rings. The average Bonchev–Trinajstić information content (AvgIpc) is 2.60. The molecule has 2 aromatic rings. The number of benzene rings is 2. The topological polar surface area (TPSA) is 67.4 Å². The molecule has 0 aliphatic carbocycles. The van der Waals surface area contributed by atoms with E-state index >= 15 is 0 Å². The van der Waals surface area contributed by atoms with Crippen molar-refractivity contribution in [3.05, 3.63) is 71.8 Å². The Morgan fingerprint density at radius 3 is 2.44 bits per heavy atom. The maximum absolute atomic E-state index is 13.0. The molecule has 0 aromatic heterocycles. The van der Waals surface area contributed by atoms with Crippen molar-refractivity contribution in [2.24, 2.45) is 0 Å². The third kappa shape index (κ3) is 6.06. The van der Waals surface area contributed by atoms with Gasteiger partial charge in [0.1, 0.15) is 17.4 Å². The summed E-state index contributed by atoms with van der Waals surface area (Å²) in [6.45, 7) is 1.48. The maximum atomic E-state index is 13.0. The molecule has 0 spiro atoms. The number of ether oxygens (including phenoxy) is 1. The SMILES string of the molecule is C[C@H](Oc1ccc(F)cc1)C(=O)NNC(=O)/C=C/c1cccc(F)c1. The number of amides is 2. The highest BCUT2D eigenvalue weighted by molar-refractivity contribution is 5.93. The summed E-state index contributed by atoms with van der Waals surface area (Å²) in [5, 5.41) is 0. The Labute approximate surface area is 143 Å². The van der Waals surface area contributed by atoms with Gasteiger partial charge < -0.3 is 4.74 Å². The van der Waals surface area contributed by atoms with Crippen molar-refractivity contribution in [2.45, 2.75) is 13.0 Å². The molecule has 5 nitrogen and oxygen atoms in total. The van der Waals surface area contributed by atoms with Crippen molar-refractivity contribution in [3.8, 4) is 5.75 Å². The Hall–Kier alpha value is -3.22. The molecule has 0 heterocycles. The minimum atomic E-state index is -0.905. The first-order valence-corrected chi connectivity index (χ1v) is 7.40. The summed E-state index contributed by atoms with van der Waals surface area (Å²) in [6.07, 6.45) is 1.65. The van der Waals surface area contributed by atoms with E-state index in [0.29, 0.717) is 11.3 Å². The van der Waals surface area contributed by atoms with Crippen molar-refractivity contribution >= 4 is 17.9 Å². The molecule has 2 N–H and O–H groups in total. The fourth-order valence-corrected chi connectivity index (χ4v) is 1.82. The van der Waals surface area contributed by atoms with Crippen LogP contribution in [0.4, 0.5) is 8.78 Å². The summed E-state index contributed by atoms with van der Waals surface area (Å²) < 4.78 is 31.1. The Morgan fingerprint density at radius 1 is 1.04 bits per heavy atom. The quantitative estimate of drug-likeness (QED) is 0.646. The number of carbonyl (C=O) groups is 2. The van der Waals surface area contributed by atoms with Crippen LogP contribution < -0.4 is 15.6 Å². The molecule has 2 amide bonds. The van der Waals surface area contributed by atoms with Crippen molar-refractivity contribution in [1.82, 2.24) is 10.9 Å². The zero-order valence-electron chi connectivity index (χ0n) is 13.3. The van der Waals surface area contributed by atoms with Crippen LogP contribution in [0, 0.1) is 11.6 Å². The Balaban J connectivity index is 1.80. The van der Waals surface area contributed by atoms with Gasteiger partial charge in [-0.3, -0.25) is 20.4 Å². The lowest BCUT2D eigenvalue weighted by Crippen LogP contribution is -2.46. The lowest BCUT2D eigenvalue weighted by atomic mass is 10.2. The van der Waals surface area contributed by atoms with Crippen LogP contribution in [0.5, 0.6) is 5.75 Å². The largest absolute Gasteiger partial charge is 0.481 e. The zero-order valence-corrected chi connectivity index (χ0v) is 13.3. The van der Waals surface area contributed by atoms with Crippen molar-refractivity contribution in [1.29, 1.82) is 0 Å². The Morgan fingerprint density at radius 2 is 1.76 bits per heavy atom. The first-order chi connectivity index (χ1) is 11.9. The number of nitrogens with one attached hydrogen (secondary N) is 2. The highest BCUT2D eigenvalue weighted by Gasteiger charge is 2.14. The van der Waals surface area contributed by atoms with E-state index in [9.17, 15) is 18.4 Å². The first kappa shape index (κ1) is 18.1. The lowest BCUT2D eigenvalue weighted by molar-refractivity contribution is -0.131. The summed E-state index contributed by atoms with van der Waals surface area (Å²) in [5.74, 6) is -1.69. The van der Waals surface area contributed by atoms with Gasteiger partial charge >= 0.3 is 0 Å². The van der Waals surface area contributed by atoms with E-state index in [1.165, 1.54) is 55.5 Å². The van der Waals surface area contributed by atoms with Crippen LogP contribution in [-0.4, -0.2) is 17.9 Å². The van der Waals surface area contributed by atoms with Crippen molar-refractivity contribution in [2.75, 3.05) is 0 Å². The van der Waals surface area contributed by atoms with Crippen LogP contribution >= 0.6 is 0 Å². The number of carbonyl (C=O) groups excluding carboxylic acids is 2. The van der Waals surface area contributed by atoms with E-state index in [-0.39, 0.29) is 0 Å². The van der Waals surface area contributed by atoms with Gasteiger partial charge in [0.15, 0.2) is 6.10 Å². The van der Waals surface area contributed by atoms with Gasteiger partial charge in [-0.05, 0) is 55.0 Å². The Kier molecular flexibility index (Phi) is 6.22. The van der Waals surface area contributed by atoms with E-state index in [4.69, 9.17) is 4.74 Å². The predicted octanol–water partition coefficient (Wildman–Crippen LogP) is 2.59. The molecule has 0 aliphatic rings. The van der Waals surface area contributed by atoms with Gasteiger partial charge in [0, 0.05) is 6.08 Å². The molecule has 0 aliphatic heterocycles. The fraction of sp³-hybridized carbons (Fsp3) is 0.111. The summed E-state index contributed by atoms with van der Waals surface area (Å²) in [7, 11) is 0. The number of hydrogen-bond acceptors (Lipinski definition) is 3. The van der Waals surface area contributed by atoms with Crippen LogP contribution in [0.2, 0.25) is 0 Å². The second-order valence-electron chi connectivity index (χ2n) is 5.08. The van der Waals surface area contributed by atoms with Crippen LogP contribution in [0.25, 0.3) is 6.08 Å². The fourth-order valence-electron chi connectivity index (χ4n) is 1.82. The van der Waals surface area contributed by atoms with E-state index in [1.54, 1.807) is 6.07 Å². The standard InChI is InChI=1S/C18H16F2N2O3/c1-12(25-16-8-6-14(19)7-9-16)18(24)22-21-17(23)10-5-13-3-2-4-15(20)11-13/h2-12H,1H3,(H,21,23)(H,22,24)/b10-5+/t12-/m0/s1. The molecule has 0 unspecified atom stereocenters. The lowest BCUT2D eigenvalue weighted by Gasteiger charge is -2.14. The third-order valence-corrected chi connectivity index (χ3v) is 3.08. The molecule has 130 valence electrons. The van der Waals surface area contributed by atoms with E-state index in [2.05, 4.69) is 10.9 Å². The molecule has 0 saturated carbocycles. The number of hydrogen-bond donors (Lipinski definition) is 2. The second-order valence-corrected chi connectivity index (χ2v) is 5.08. The molecular formula is C18H16F2N2O3. The van der Waals surface area contributed by atoms with Crippen LogP contribution in [0.3, 0.4) is 0 Å². The molecule has 1 atom stereocenters. The summed E-state index contributed by atoms with van der Waals surface area (Å²) in [6, 6.07) is 10.9. The van der Waals surface area contributed by atoms with E-state index in [0.717, 1.165) is 6.08 Å². The van der Waals surface area contributed by atoms with Crippen molar-refractivity contribution in [3.63, 3.8) is 0 Å². The third-order valence-electron chi connectivity index (χ3n) is 3.08. The normalized spacial score (nSPS) is 11.8. The van der Waals surface area contributed by atoms with Gasteiger partial charge in [0.05, 0.1) is 0 Å². The smallest absolute Gasteiger partial charge is 0.279 e. The minimum Gasteiger partial charge on any atom is -0.481 e. The monoisotopic (exact) mass is 346 g/mol. The number of halogens is 2. The van der Waals surface area contributed by atoms with Crippen LogP contribution in [0.15, 0.2) is 54.6 Å². The van der Waals surface area contributed by atoms with Gasteiger partial charge in [0.25, 0.3) is 11.8 Å². The summed E-state index contributed by atoms with van der Waals surface area (Å²) >= 11 is 0. The van der Waals surface area contributed by atoms with Gasteiger partial charge in [-0.25, -0.2) is 8.78 Å². The minimum absolute atomic E-state index is 0.321. The van der Waals surface area contributed by atoms with Crippen molar-refractivity contribution < 1.29 is 23.1 Å². The highest BCUT2D eigenvalue weighted by Crippen LogP contribution is 2.12. The van der Waals surface area contributed by atoms with E-state index in [1.807, 2.05) is 0 Å². The van der Waals surface area contributed by atoms with Gasteiger partial charge in [0.2, 0.25) is 0 Å². The maximum Gasteiger partial charge on any atom is 0.279 e. The number of hydrazine groups is 1. The molecule has 7 heteroatoms. The molecular weight excluding hydrogens is 330 g/mol. The second kappa shape index (κ2) is 8.58. The molecule has 0 saturated heterocycles. The predicted molar refractivity (Wildman–Crippen MR) is 88.2 cm³/mol. The van der Waals surface area contributed by atoms with Gasteiger partial charge in [-0.2, -0.15) is 0 Å². The highest BCUT2D eigenvalue weighted by atomic mass is 19.1. The zero-order chi connectivity index (χ0) is 18.2. The summed E-state index contributed by atoms with van der Waals surface area (Å²) in [4.78, 5) is 23.5. The van der Waals surface area contributed by atoms with Gasteiger partial charge in [-0.15, -0.1) is 0 Å². The van der Waals surface area contributed by atoms with Gasteiger partial charge in [-0.1, -0.05) is 12.1 Å². The molecule has 2 aromatic carbocycles. The first-order valence-electron chi connectivity index (χ1n) is 7.40. The molecule has 2 rings (SSSR count). The molecule has 0 bridgehead atoms.